The van der Waals surface area contributed by atoms with E-state index in [1.165, 1.54) is 11.8 Å². The second-order valence-electron chi connectivity index (χ2n) is 4.71. The van der Waals surface area contributed by atoms with Crippen LogP contribution in [-0.4, -0.2) is 53.1 Å². The second-order valence-corrected chi connectivity index (χ2v) is 5.67. The molecule has 2 N–H and O–H groups in total. The summed E-state index contributed by atoms with van der Waals surface area (Å²) in [4.78, 5) is 24.7. The molecule has 1 aliphatic rings. The van der Waals surface area contributed by atoms with E-state index < -0.39 is 0 Å². The quantitative estimate of drug-likeness (QED) is 0.706. The lowest BCUT2D eigenvalue weighted by atomic mass is 9.83. The number of hydrogen-bond acceptors (Lipinski definition) is 4. The lowest BCUT2D eigenvalue weighted by Gasteiger charge is -2.29. The number of nitrogens with zero attached hydrogens (tertiary/aromatic N) is 1. The molecular weight excluding hydrogens is 252 g/mol. The maximum Gasteiger partial charge on any atom is 0.239 e. The molecule has 6 heteroatoms. The van der Waals surface area contributed by atoms with E-state index in [2.05, 4.69) is 5.32 Å². The molecule has 5 nitrogen and oxygen atoms in total. The number of aliphatic hydroxyl groups excluding tert-OH is 1. The van der Waals surface area contributed by atoms with Crippen LogP contribution in [0.4, 0.5) is 0 Å². The molecule has 1 saturated heterocycles. The smallest absolute Gasteiger partial charge is 0.239 e. The highest BCUT2D eigenvalue weighted by Crippen LogP contribution is 2.24. The Labute approximate surface area is 112 Å². The molecule has 0 saturated carbocycles. The molecule has 1 heterocycles. The third-order valence-corrected chi connectivity index (χ3v) is 4.60. The van der Waals surface area contributed by atoms with Crippen LogP contribution in [0.25, 0.3) is 0 Å². The number of nitrogens with one attached hydrogen (secondary N) is 1. The fourth-order valence-electron chi connectivity index (χ4n) is 1.84. The highest BCUT2D eigenvalue weighted by atomic mass is 32.2. The maximum atomic E-state index is 11.7. The highest BCUT2D eigenvalue weighted by Gasteiger charge is 2.27. The summed E-state index contributed by atoms with van der Waals surface area (Å²) in [7, 11) is 0. The van der Waals surface area contributed by atoms with Crippen molar-refractivity contribution >= 4 is 23.6 Å². The number of amides is 2. The molecular formula is C12H22N2O3S. The topological polar surface area (TPSA) is 69.6 Å². The molecule has 1 rings (SSSR count). The standard InChI is InChI=1S/C12H22N2O3S/c1-3-12(4-2,8-15)7-13-10(16)5-14-9-18-6-11(14)17/h15H,3-9H2,1-2H3,(H,13,16). The van der Waals surface area contributed by atoms with E-state index in [1.54, 1.807) is 4.90 Å². The van der Waals surface area contributed by atoms with Crippen molar-refractivity contribution in [3.05, 3.63) is 0 Å². The summed E-state index contributed by atoms with van der Waals surface area (Å²) in [5, 5.41) is 12.2. The molecule has 0 radical (unpaired) electrons. The average molecular weight is 274 g/mol. The summed E-state index contributed by atoms with van der Waals surface area (Å²) >= 11 is 1.53. The zero-order valence-corrected chi connectivity index (χ0v) is 11.9. The minimum Gasteiger partial charge on any atom is -0.396 e. The Morgan fingerprint density at radius 1 is 1.50 bits per heavy atom. The van der Waals surface area contributed by atoms with E-state index in [1.807, 2.05) is 13.8 Å². The Balaban J connectivity index is 2.38. The van der Waals surface area contributed by atoms with E-state index in [4.69, 9.17) is 0 Å². The minimum atomic E-state index is -0.237. The van der Waals surface area contributed by atoms with Crippen molar-refractivity contribution in [2.24, 2.45) is 5.41 Å². The third-order valence-electron chi connectivity index (χ3n) is 3.66. The number of carbonyl (C=O) groups is 2. The van der Waals surface area contributed by atoms with E-state index in [0.29, 0.717) is 18.2 Å². The molecule has 0 aromatic heterocycles. The van der Waals surface area contributed by atoms with Crippen LogP contribution in [-0.2, 0) is 9.59 Å². The second kappa shape index (κ2) is 6.99. The van der Waals surface area contributed by atoms with E-state index in [0.717, 1.165) is 12.8 Å². The normalized spacial score (nSPS) is 16.2. The van der Waals surface area contributed by atoms with Crippen LogP contribution in [0.2, 0.25) is 0 Å². The summed E-state index contributed by atoms with van der Waals surface area (Å²) in [6.45, 7) is 4.67. The highest BCUT2D eigenvalue weighted by molar-refractivity contribution is 8.00. The van der Waals surface area contributed by atoms with Gasteiger partial charge in [-0.3, -0.25) is 9.59 Å². The largest absolute Gasteiger partial charge is 0.396 e. The number of hydrogen-bond donors (Lipinski definition) is 2. The zero-order chi connectivity index (χ0) is 13.6. The van der Waals surface area contributed by atoms with Gasteiger partial charge >= 0.3 is 0 Å². The van der Waals surface area contributed by atoms with Crippen LogP contribution in [0.5, 0.6) is 0 Å². The molecule has 0 aromatic rings. The van der Waals surface area contributed by atoms with Crippen molar-refractivity contribution in [1.82, 2.24) is 10.2 Å². The maximum absolute atomic E-state index is 11.7. The van der Waals surface area contributed by atoms with E-state index in [-0.39, 0.29) is 30.4 Å². The van der Waals surface area contributed by atoms with Gasteiger partial charge in [-0.2, -0.15) is 0 Å². The van der Waals surface area contributed by atoms with Gasteiger partial charge in [-0.05, 0) is 12.8 Å². The molecule has 0 bridgehead atoms. The zero-order valence-electron chi connectivity index (χ0n) is 11.1. The van der Waals surface area contributed by atoms with E-state index in [9.17, 15) is 14.7 Å². The van der Waals surface area contributed by atoms with Crippen LogP contribution in [0.1, 0.15) is 26.7 Å². The lowest BCUT2D eigenvalue weighted by molar-refractivity contribution is -0.132. The van der Waals surface area contributed by atoms with Crippen LogP contribution in [0.15, 0.2) is 0 Å². The first-order valence-electron chi connectivity index (χ1n) is 6.30. The number of aliphatic hydroxyl groups is 1. The minimum absolute atomic E-state index is 0.0227. The van der Waals surface area contributed by atoms with Gasteiger partial charge in [0.1, 0.15) is 6.54 Å². The summed E-state index contributed by atoms with van der Waals surface area (Å²) < 4.78 is 0. The molecule has 0 atom stereocenters. The summed E-state index contributed by atoms with van der Waals surface area (Å²) in [5.74, 6) is 0.941. The summed E-state index contributed by atoms with van der Waals surface area (Å²) in [6, 6.07) is 0. The Bertz CT molecular complexity index is 297. The lowest BCUT2D eigenvalue weighted by Crippen LogP contribution is -2.44. The first-order valence-corrected chi connectivity index (χ1v) is 7.45. The Morgan fingerprint density at radius 2 is 2.17 bits per heavy atom. The van der Waals surface area contributed by atoms with Crippen molar-refractivity contribution in [2.45, 2.75) is 26.7 Å². The van der Waals surface area contributed by atoms with Crippen molar-refractivity contribution < 1.29 is 14.7 Å². The number of thioether (sulfide) groups is 1. The molecule has 1 aliphatic heterocycles. The van der Waals surface area contributed by atoms with Gasteiger partial charge < -0.3 is 15.3 Å². The predicted octanol–water partition coefficient (Wildman–Crippen LogP) is 0.434. The number of rotatable bonds is 7. The molecule has 0 aromatic carbocycles. The first kappa shape index (κ1) is 15.3. The van der Waals surface area contributed by atoms with Crippen LogP contribution >= 0.6 is 11.8 Å². The molecule has 104 valence electrons. The van der Waals surface area contributed by atoms with E-state index >= 15 is 0 Å². The van der Waals surface area contributed by atoms with Gasteiger partial charge in [0, 0.05) is 12.0 Å². The van der Waals surface area contributed by atoms with Gasteiger partial charge in [0.05, 0.1) is 18.2 Å². The van der Waals surface area contributed by atoms with Crippen molar-refractivity contribution in [3.63, 3.8) is 0 Å². The SMILES string of the molecule is CCC(CC)(CO)CNC(=O)CN1CSCC1=O. The van der Waals surface area contributed by atoms with Crippen LogP contribution < -0.4 is 5.32 Å². The Hall–Kier alpha value is -0.750. The predicted molar refractivity (Wildman–Crippen MR) is 72.1 cm³/mol. The van der Waals surface area contributed by atoms with Gasteiger partial charge in [0.2, 0.25) is 11.8 Å². The molecule has 1 fully saturated rings. The third kappa shape index (κ3) is 3.88. The number of carbonyl (C=O) groups excluding carboxylic acids is 2. The van der Waals surface area contributed by atoms with Crippen molar-refractivity contribution in [2.75, 3.05) is 31.3 Å². The fraction of sp³-hybridized carbons (Fsp3) is 0.833. The van der Waals surface area contributed by atoms with Gasteiger partial charge in [0.25, 0.3) is 0 Å². The van der Waals surface area contributed by atoms with Crippen LogP contribution in [0.3, 0.4) is 0 Å². The van der Waals surface area contributed by atoms with Crippen molar-refractivity contribution in [1.29, 1.82) is 0 Å². The Kier molecular flexibility index (Phi) is 5.95. The van der Waals surface area contributed by atoms with Gasteiger partial charge in [0.15, 0.2) is 0 Å². The Morgan fingerprint density at radius 3 is 2.61 bits per heavy atom. The summed E-state index contributed by atoms with van der Waals surface area (Å²) in [6.07, 6.45) is 1.64. The molecule has 0 spiro atoms. The van der Waals surface area contributed by atoms with Crippen LogP contribution in [0, 0.1) is 5.41 Å². The molecule has 0 aliphatic carbocycles. The molecule has 18 heavy (non-hydrogen) atoms. The fourth-order valence-corrected chi connectivity index (χ4v) is 2.74. The molecule has 2 amide bonds. The summed E-state index contributed by atoms with van der Waals surface area (Å²) in [5.41, 5.74) is -0.237. The average Bonchev–Trinajstić information content (AvgIpc) is 2.77. The van der Waals surface area contributed by atoms with Crippen molar-refractivity contribution in [3.8, 4) is 0 Å². The van der Waals surface area contributed by atoms with Gasteiger partial charge in [-0.25, -0.2) is 0 Å². The van der Waals surface area contributed by atoms with Gasteiger partial charge in [-0.15, -0.1) is 11.8 Å². The molecule has 0 unspecified atom stereocenters. The first-order chi connectivity index (χ1) is 8.56. The monoisotopic (exact) mass is 274 g/mol. The van der Waals surface area contributed by atoms with Gasteiger partial charge in [-0.1, -0.05) is 13.8 Å².